The van der Waals surface area contributed by atoms with Gasteiger partial charge in [0.1, 0.15) is 5.76 Å². The van der Waals surface area contributed by atoms with E-state index < -0.39 is 0 Å². The van der Waals surface area contributed by atoms with Gasteiger partial charge in [-0.2, -0.15) is 23.5 Å². The molecule has 5 heteroatoms. The van der Waals surface area contributed by atoms with Crippen molar-refractivity contribution in [3.05, 3.63) is 22.6 Å². The molecule has 2 nitrogen and oxygen atoms in total. The van der Waals surface area contributed by atoms with E-state index in [9.17, 15) is 0 Å². The number of hydrogen-bond donors (Lipinski definition) is 1. The van der Waals surface area contributed by atoms with Gasteiger partial charge in [-0.1, -0.05) is 6.92 Å². The van der Waals surface area contributed by atoms with Crippen molar-refractivity contribution < 1.29 is 4.42 Å². The van der Waals surface area contributed by atoms with Crippen molar-refractivity contribution in [2.75, 3.05) is 11.5 Å². The molecular formula is C11H16BrNOS2. The van der Waals surface area contributed by atoms with Crippen molar-refractivity contribution in [2.24, 2.45) is 5.73 Å². The van der Waals surface area contributed by atoms with Crippen LogP contribution in [0.15, 0.2) is 21.2 Å². The van der Waals surface area contributed by atoms with Crippen LogP contribution in [0.2, 0.25) is 0 Å². The van der Waals surface area contributed by atoms with Crippen molar-refractivity contribution in [1.82, 2.24) is 0 Å². The predicted octanol–water partition coefficient (Wildman–Crippen LogP) is 3.67. The van der Waals surface area contributed by atoms with Crippen LogP contribution in [0.25, 0.3) is 0 Å². The van der Waals surface area contributed by atoms with E-state index >= 15 is 0 Å². The van der Waals surface area contributed by atoms with Crippen molar-refractivity contribution in [1.29, 1.82) is 0 Å². The van der Waals surface area contributed by atoms with Gasteiger partial charge in [0.2, 0.25) is 0 Å². The molecule has 90 valence electrons. The van der Waals surface area contributed by atoms with Crippen LogP contribution < -0.4 is 5.73 Å². The van der Waals surface area contributed by atoms with Gasteiger partial charge in [-0.15, -0.1) is 0 Å². The normalized spacial score (nSPS) is 27.9. The lowest BCUT2D eigenvalue weighted by Crippen LogP contribution is -2.35. The Hall–Kier alpha value is 0.420. The first-order valence-corrected chi connectivity index (χ1v) is 8.34. The number of nitrogens with two attached hydrogens (primary N) is 1. The maximum Gasteiger partial charge on any atom is 0.135 e. The van der Waals surface area contributed by atoms with Gasteiger partial charge in [-0.05, 0) is 28.4 Å². The quantitative estimate of drug-likeness (QED) is 0.922. The van der Waals surface area contributed by atoms with Crippen LogP contribution in [-0.4, -0.2) is 22.0 Å². The molecule has 1 saturated heterocycles. The Morgan fingerprint density at radius 1 is 1.56 bits per heavy atom. The number of hydrogen-bond acceptors (Lipinski definition) is 4. The summed E-state index contributed by atoms with van der Waals surface area (Å²) in [5, 5.41) is 1.11. The van der Waals surface area contributed by atoms with E-state index in [-0.39, 0.29) is 6.04 Å². The first kappa shape index (κ1) is 12.9. The molecule has 0 aromatic carbocycles. The molecule has 3 unspecified atom stereocenters. The molecule has 0 radical (unpaired) electrons. The molecule has 2 N–H and O–H groups in total. The third-order valence-corrected chi connectivity index (χ3v) is 6.82. The Labute approximate surface area is 113 Å². The highest BCUT2D eigenvalue weighted by molar-refractivity contribution is 9.10. The monoisotopic (exact) mass is 321 g/mol. The summed E-state index contributed by atoms with van der Waals surface area (Å²) < 4.78 is 6.47. The molecule has 0 saturated carbocycles. The Balaban J connectivity index is 2.13. The van der Waals surface area contributed by atoms with Crippen molar-refractivity contribution in [3.8, 4) is 0 Å². The minimum Gasteiger partial charge on any atom is -0.466 e. The fourth-order valence-electron chi connectivity index (χ4n) is 1.96. The van der Waals surface area contributed by atoms with Crippen molar-refractivity contribution >= 4 is 39.5 Å². The van der Waals surface area contributed by atoms with E-state index in [1.165, 1.54) is 17.9 Å². The van der Waals surface area contributed by atoms with E-state index in [0.717, 1.165) is 10.2 Å². The minimum absolute atomic E-state index is 0.00729. The molecule has 0 aliphatic carbocycles. The summed E-state index contributed by atoms with van der Waals surface area (Å²) in [5.74, 6) is 3.32. The fourth-order valence-corrected chi connectivity index (χ4v) is 5.58. The number of rotatable bonds is 3. The maximum absolute atomic E-state index is 6.32. The Morgan fingerprint density at radius 2 is 2.31 bits per heavy atom. The average Bonchev–Trinajstić information content (AvgIpc) is 2.74. The molecule has 2 rings (SSSR count). The van der Waals surface area contributed by atoms with Crippen LogP contribution in [0.5, 0.6) is 0 Å². The second kappa shape index (κ2) is 5.85. The Kier molecular flexibility index (Phi) is 4.70. The molecule has 1 aromatic heterocycles. The molecule has 2 heterocycles. The van der Waals surface area contributed by atoms with Crippen molar-refractivity contribution in [2.45, 2.75) is 29.9 Å². The minimum atomic E-state index is -0.00729. The van der Waals surface area contributed by atoms with E-state index in [0.29, 0.717) is 10.5 Å². The highest BCUT2D eigenvalue weighted by Gasteiger charge is 2.33. The first-order chi connectivity index (χ1) is 7.74. The number of thioether (sulfide) groups is 2. The van der Waals surface area contributed by atoms with Crippen LogP contribution in [0.3, 0.4) is 0 Å². The van der Waals surface area contributed by atoms with Gasteiger partial charge >= 0.3 is 0 Å². The molecule has 1 aliphatic heterocycles. The lowest BCUT2D eigenvalue weighted by atomic mass is 10.1. The maximum atomic E-state index is 6.32. The summed E-state index contributed by atoms with van der Waals surface area (Å²) >= 11 is 7.51. The molecule has 1 aromatic rings. The second-order valence-corrected chi connectivity index (χ2v) is 7.30. The highest BCUT2D eigenvalue weighted by atomic mass is 79.9. The van der Waals surface area contributed by atoms with Crippen LogP contribution in [0, 0.1) is 0 Å². The molecule has 0 amide bonds. The second-order valence-electron chi connectivity index (χ2n) is 3.81. The van der Waals surface area contributed by atoms with E-state index in [4.69, 9.17) is 10.2 Å². The Bertz CT molecular complexity index is 344. The molecule has 0 bridgehead atoms. The van der Waals surface area contributed by atoms with Crippen LogP contribution >= 0.6 is 39.5 Å². The van der Waals surface area contributed by atoms with Gasteiger partial charge in [0.15, 0.2) is 0 Å². The summed E-state index contributed by atoms with van der Waals surface area (Å²) in [6.45, 7) is 2.24. The molecule has 1 aliphatic rings. The fraction of sp³-hybridized carbons (Fsp3) is 0.636. The lowest BCUT2D eigenvalue weighted by molar-refractivity contribution is 0.450. The summed E-state index contributed by atoms with van der Waals surface area (Å²) in [4.78, 5) is 0. The molecule has 3 atom stereocenters. The van der Waals surface area contributed by atoms with Gasteiger partial charge in [0, 0.05) is 22.0 Å². The van der Waals surface area contributed by atoms with Gasteiger partial charge in [0.25, 0.3) is 0 Å². The van der Waals surface area contributed by atoms with Crippen molar-refractivity contribution in [3.63, 3.8) is 0 Å². The smallest absolute Gasteiger partial charge is 0.135 e. The third kappa shape index (κ3) is 2.63. The third-order valence-electron chi connectivity index (χ3n) is 2.80. The van der Waals surface area contributed by atoms with E-state index in [1.807, 2.05) is 29.6 Å². The Morgan fingerprint density at radius 3 is 2.94 bits per heavy atom. The van der Waals surface area contributed by atoms with Gasteiger partial charge in [-0.3, -0.25) is 0 Å². The van der Waals surface area contributed by atoms with Crippen LogP contribution in [-0.2, 0) is 0 Å². The van der Waals surface area contributed by atoms with Gasteiger partial charge in [-0.25, -0.2) is 0 Å². The summed E-state index contributed by atoms with van der Waals surface area (Å²) in [6.07, 6.45) is 2.87. The topological polar surface area (TPSA) is 39.2 Å². The summed E-state index contributed by atoms with van der Waals surface area (Å²) in [7, 11) is 0. The SMILES string of the molecule is CCC1SCCSC1C(N)c1occc1Br. The van der Waals surface area contributed by atoms with E-state index in [1.54, 1.807) is 6.26 Å². The van der Waals surface area contributed by atoms with Crippen LogP contribution in [0.1, 0.15) is 25.1 Å². The summed E-state index contributed by atoms with van der Waals surface area (Å²) in [6, 6.07) is 1.91. The number of halogens is 1. The highest BCUT2D eigenvalue weighted by Crippen LogP contribution is 2.40. The first-order valence-electron chi connectivity index (χ1n) is 5.45. The zero-order valence-electron chi connectivity index (χ0n) is 9.19. The van der Waals surface area contributed by atoms with Crippen LogP contribution in [0.4, 0.5) is 0 Å². The van der Waals surface area contributed by atoms with Gasteiger partial charge < -0.3 is 10.2 Å². The summed E-state index contributed by atoms with van der Waals surface area (Å²) in [5.41, 5.74) is 6.32. The molecular weight excluding hydrogens is 306 g/mol. The zero-order chi connectivity index (χ0) is 11.5. The standard InChI is InChI=1S/C11H16BrNOS2/c1-2-8-11(16-6-5-15-8)9(13)10-7(12)3-4-14-10/h3-4,8-9,11H,2,5-6,13H2,1H3. The largest absolute Gasteiger partial charge is 0.466 e. The van der Waals surface area contributed by atoms with E-state index in [2.05, 4.69) is 22.9 Å². The average molecular weight is 322 g/mol. The molecule has 16 heavy (non-hydrogen) atoms. The predicted molar refractivity (Wildman–Crippen MR) is 76.1 cm³/mol. The molecule has 1 fully saturated rings. The zero-order valence-corrected chi connectivity index (χ0v) is 12.4. The molecule has 0 spiro atoms. The van der Waals surface area contributed by atoms with Gasteiger partial charge in [0.05, 0.1) is 16.8 Å². The lowest BCUT2D eigenvalue weighted by Gasteiger charge is -2.33. The number of furan rings is 1.